The second-order valence-electron chi connectivity index (χ2n) is 5.30. The predicted octanol–water partition coefficient (Wildman–Crippen LogP) is 4.36. The second kappa shape index (κ2) is 8.32. The number of rotatable bonds is 7. The van der Waals surface area contributed by atoms with E-state index in [0.717, 1.165) is 30.5 Å². The van der Waals surface area contributed by atoms with Crippen LogP contribution in [0.1, 0.15) is 30.5 Å². The second-order valence-corrected chi connectivity index (χ2v) is 6.22. The van der Waals surface area contributed by atoms with Gasteiger partial charge in [-0.15, -0.1) is 0 Å². The minimum absolute atomic E-state index is 0.0999. The molecule has 3 heteroatoms. The summed E-state index contributed by atoms with van der Waals surface area (Å²) in [6, 6.07) is 19.0. The molecule has 2 rings (SSSR count). The number of nitrogens with zero attached hydrogens (tertiary/aromatic N) is 1. The molecule has 0 bridgehead atoms. The Bertz CT molecular complexity index is 525. The monoisotopic (exact) mass is 346 g/mol. The van der Waals surface area contributed by atoms with Crippen LogP contribution in [0.25, 0.3) is 0 Å². The van der Waals surface area contributed by atoms with Gasteiger partial charge in [0.1, 0.15) is 0 Å². The van der Waals surface area contributed by atoms with Crippen LogP contribution in [0.4, 0.5) is 0 Å². The third-order valence-corrected chi connectivity index (χ3v) is 4.28. The van der Waals surface area contributed by atoms with Gasteiger partial charge in [-0.05, 0) is 36.2 Å². The molecule has 0 aliphatic rings. The van der Waals surface area contributed by atoms with Crippen molar-refractivity contribution in [2.45, 2.75) is 25.9 Å². The lowest BCUT2D eigenvalue weighted by Gasteiger charge is -2.22. The van der Waals surface area contributed by atoms with Gasteiger partial charge in [-0.3, -0.25) is 4.90 Å². The zero-order valence-electron chi connectivity index (χ0n) is 12.5. The Kier molecular flexibility index (Phi) is 6.43. The Labute approximate surface area is 136 Å². The molecule has 112 valence electrons. The first-order valence-electron chi connectivity index (χ1n) is 7.46. The zero-order valence-corrected chi connectivity index (χ0v) is 14.1. The van der Waals surface area contributed by atoms with Crippen molar-refractivity contribution in [1.29, 1.82) is 0 Å². The van der Waals surface area contributed by atoms with Gasteiger partial charge < -0.3 is 5.73 Å². The number of hydrogen-bond acceptors (Lipinski definition) is 2. The van der Waals surface area contributed by atoms with Gasteiger partial charge in [-0.1, -0.05) is 65.3 Å². The van der Waals surface area contributed by atoms with Crippen LogP contribution in [0, 0.1) is 0 Å². The van der Waals surface area contributed by atoms with Crippen molar-refractivity contribution in [2.24, 2.45) is 5.73 Å². The molecule has 0 saturated heterocycles. The molecule has 0 spiro atoms. The highest BCUT2D eigenvalue weighted by Crippen LogP contribution is 2.18. The standard InChI is InChI=1S/C18H23BrN2/c1-2-21(14-15-6-4-3-5-7-15)13-12-18(20)16-8-10-17(19)11-9-16/h3-11,18H,2,12-14,20H2,1H3. The molecule has 2 aromatic carbocycles. The van der Waals surface area contributed by atoms with Gasteiger partial charge in [-0.25, -0.2) is 0 Å². The Balaban J connectivity index is 1.86. The summed E-state index contributed by atoms with van der Waals surface area (Å²) in [7, 11) is 0. The Morgan fingerprint density at radius 2 is 1.71 bits per heavy atom. The van der Waals surface area contributed by atoms with Crippen LogP contribution in [0.2, 0.25) is 0 Å². The maximum atomic E-state index is 6.30. The van der Waals surface area contributed by atoms with Crippen LogP contribution >= 0.6 is 15.9 Å². The summed E-state index contributed by atoms with van der Waals surface area (Å²) in [5, 5.41) is 0. The Hall–Kier alpha value is -1.16. The molecular weight excluding hydrogens is 324 g/mol. The molecule has 1 unspecified atom stereocenters. The van der Waals surface area contributed by atoms with Gasteiger partial charge in [0.25, 0.3) is 0 Å². The van der Waals surface area contributed by atoms with E-state index in [4.69, 9.17) is 5.73 Å². The summed E-state index contributed by atoms with van der Waals surface area (Å²) < 4.78 is 1.10. The van der Waals surface area contributed by atoms with E-state index in [1.807, 2.05) is 0 Å². The molecule has 2 aromatic rings. The predicted molar refractivity (Wildman–Crippen MR) is 93.1 cm³/mol. The van der Waals surface area contributed by atoms with E-state index in [2.05, 4.69) is 82.4 Å². The third kappa shape index (κ3) is 5.27. The lowest BCUT2D eigenvalue weighted by molar-refractivity contribution is 0.268. The van der Waals surface area contributed by atoms with Crippen molar-refractivity contribution in [3.8, 4) is 0 Å². The van der Waals surface area contributed by atoms with Crippen molar-refractivity contribution in [3.63, 3.8) is 0 Å². The van der Waals surface area contributed by atoms with Crippen molar-refractivity contribution in [2.75, 3.05) is 13.1 Å². The molecule has 2 nitrogen and oxygen atoms in total. The van der Waals surface area contributed by atoms with Crippen LogP contribution < -0.4 is 5.73 Å². The summed E-state index contributed by atoms with van der Waals surface area (Å²) in [6.45, 7) is 5.25. The molecular formula is C18H23BrN2. The Morgan fingerprint density at radius 3 is 2.33 bits per heavy atom. The van der Waals surface area contributed by atoms with Crippen molar-refractivity contribution < 1.29 is 0 Å². The topological polar surface area (TPSA) is 29.3 Å². The van der Waals surface area contributed by atoms with Crippen molar-refractivity contribution in [1.82, 2.24) is 4.90 Å². The summed E-state index contributed by atoms with van der Waals surface area (Å²) in [6.07, 6.45) is 0.975. The fourth-order valence-corrected chi connectivity index (χ4v) is 2.65. The molecule has 2 N–H and O–H groups in total. The summed E-state index contributed by atoms with van der Waals surface area (Å²) in [4.78, 5) is 2.44. The van der Waals surface area contributed by atoms with Crippen LogP contribution in [0.5, 0.6) is 0 Å². The molecule has 0 fully saturated rings. The zero-order chi connectivity index (χ0) is 15.1. The molecule has 0 saturated carbocycles. The van der Waals surface area contributed by atoms with Crippen LogP contribution in [0.15, 0.2) is 59.1 Å². The fourth-order valence-electron chi connectivity index (χ4n) is 2.39. The molecule has 0 aliphatic carbocycles. The third-order valence-electron chi connectivity index (χ3n) is 3.75. The number of nitrogens with two attached hydrogens (primary N) is 1. The summed E-state index contributed by atoms with van der Waals surface area (Å²) >= 11 is 3.46. The molecule has 21 heavy (non-hydrogen) atoms. The smallest absolute Gasteiger partial charge is 0.0307 e. The highest BCUT2D eigenvalue weighted by Gasteiger charge is 2.09. The normalized spacial score (nSPS) is 12.6. The van der Waals surface area contributed by atoms with Crippen molar-refractivity contribution >= 4 is 15.9 Å². The van der Waals surface area contributed by atoms with E-state index in [9.17, 15) is 0 Å². The van der Waals surface area contributed by atoms with E-state index in [1.54, 1.807) is 0 Å². The van der Waals surface area contributed by atoms with Gasteiger partial charge in [0.15, 0.2) is 0 Å². The van der Waals surface area contributed by atoms with E-state index in [0.29, 0.717) is 0 Å². The SMILES string of the molecule is CCN(CCC(N)c1ccc(Br)cc1)Cc1ccccc1. The van der Waals surface area contributed by atoms with E-state index < -0.39 is 0 Å². The Morgan fingerprint density at radius 1 is 1.05 bits per heavy atom. The quantitative estimate of drug-likeness (QED) is 0.806. The average Bonchev–Trinajstić information content (AvgIpc) is 2.52. The molecule has 0 amide bonds. The average molecular weight is 347 g/mol. The van der Waals surface area contributed by atoms with Crippen molar-refractivity contribution in [3.05, 3.63) is 70.2 Å². The lowest BCUT2D eigenvalue weighted by atomic mass is 10.0. The van der Waals surface area contributed by atoms with Gasteiger partial charge in [0.05, 0.1) is 0 Å². The van der Waals surface area contributed by atoms with Gasteiger partial charge >= 0.3 is 0 Å². The number of hydrogen-bond donors (Lipinski definition) is 1. The van der Waals surface area contributed by atoms with Gasteiger partial charge in [0.2, 0.25) is 0 Å². The largest absolute Gasteiger partial charge is 0.324 e. The molecule has 0 heterocycles. The minimum Gasteiger partial charge on any atom is -0.324 e. The maximum absolute atomic E-state index is 6.30. The minimum atomic E-state index is 0.0999. The molecule has 0 radical (unpaired) electrons. The van der Waals surface area contributed by atoms with Crippen LogP contribution in [-0.2, 0) is 6.54 Å². The summed E-state index contributed by atoms with van der Waals surface area (Å²) in [5.41, 5.74) is 8.86. The lowest BCUT2D eigenvalue weighted by Crippen LogP contribution is -2.27. The highest BCUT2D eigenvalue weighted by atomic mass is 79.9. The molecule has 0 aromatic heterocycles. The molecule has 0 aliphatic heterocycles. The first-order valence-corrected chi connectivity index (χ1v) is 8.25. The first-order chi connectivity index (χ1) is 10.2. The fraction of sp³-hybridized carbons (Fsp3) is 0.333. The van der Waals surface area contributed by atoms with Gasteiger partial charge in [0, 0.05) is 23.6 Å². The maximum Gasteiger partial charge on any atom is 0.0307 e. The summed E-state index contributed by atoms with van der Waals surface area (Å²) in [5.74, 6) is 0. The number of halogens is 1. The molecule has 1 atom stereocenters. The number of benzene rings is 2. The first kappa shape index (κ1) is 16.2. The van der Waals surface area contributed by atoms with Crippen LogP contribution in [-0.4, -0.2) is 18.0 Å². The van der Waals surface area contributed by atoms with E-state index >= 15 is 0 Å². The van der Waals surface area contributed by atoms with E-state index in [1.165, 1.54) is 11.1 Å². The highest BCUT2D eigenvalue weighted by molar-refractivity contribution is 9.10. The van der Waals surface area contributed by atoms with E-state index in [-0.39, 0.29) is 6.04 Å². The van der Waals surface area contributed by atoms with Crippen LogP contribution in [0.3, 0.4) is 0 Å². The van der Waals surface area contributed by atoms with Gasteiger partial charge in [-0.2, -0.15) is 0 Å².